The van der Waals surface area contributed by atoms with E-state index in [0.717, 1.165) is 19.4 Å². The fourth-order valence-electron chi connectivity index (χ4n) is 1.02. The van der Waals surface area contributed by atoms with Crippen LogP contribution in [0.4, 0.5) is 4.79 Å². The monoisotopic (exact) mass is 187 g/mol. The molecule has 0 aliphatic carbocycles. The van der Waals surface area contributed by atoms with Gasteiger partial charge in [-0.1, -0.05) is 13.3 Å². The van der Waals surface area contributed by atoms with E-state index in [1.807, 2.05) is 6.92 Å². The van der Waals surface area contributed by atoms with E-state index in [-0.39, 0.29) is 12.1 Å². The molecule has 0 heterocycles. The third-order valence-corrected chi connectivity index (χ3v) is 1.72. The molecule has 2 amide bonds. The molecule has 0 aliphatic rings. The summed E-state index contributed by atoms with van der Waals surface area (Å²) < 4.78 is 0. The molecule has 0 saturated carbocycles. The maximum Gasteiger partial charge on any atom is 0.317 e. The molecule has 0 aromatic rings. The van der Waals surface area contributed by atoms with Crippen LogP contribution in [0.15, 0.2) is 0 Å². The lowest BCUT2D eigenvalue weighted by molar-refractivity contribution is 0.206. The molecule has 4 nitrogen and oxygen atoms in total. The van der Waals surface area contributed by atoms with Gasteiger partial charge in [0.25, 0.3) is 0 Å². The van der Waals surface area contributed by atoms with Crippen molar-refractivity contribution in [3.05, 3.63) is 0 Å². The van der Waals surface area contributed by atoms with E-state index < -0.39 is 0 Å². The smallest absolute Gasteiger partial charge is 0.317 e. The molecule has 0 fully saturated rings. The molecular formula is C9H21N3O. The summed E-state index contributed by atoms with van der Waals surface area (Å²) in [5, 5.41) is 2.82. The third kappa shape index (κ3) is 6.40. The summed E-state index contributed by atoms with van der Waals surface area (Å²) in [6, 6.07) is -0.00678. The van der Waals surface area contributed by atoms with Crippen LogP contribution in [0, 0.1) is 0 Å². The van der Waals surface area contributed by atoms with E-state index in [1.165, 1.54) is 0 Å². The average Bonchev–Trinajstić information content (AvgIpc) is 2.03. The first-order chi connectivity index (χ1) is 6.07. The number of amides is 2. The molecule has 4 heteroatoms. The van der Waals surface area contributed by atoms with Gasteiger partial charge in [-0.3, -0.25) is 0 Å². The summed E-state index contributed by atoms with van der Waals surface area (Å²) in [6.07, 6.45) is 2.12. The summed E-state index contributed by atoms with van der Waals surface area (Å²) in [4.78, 5) is 12.9. The van der Waals surface area contributed by atoms with Crippen LogP contribution in [-0.4, -0.2) is 37.1 Å². The van der Waals surface area contributed by atoms with Crippen molar-refractivity contribution in [3.8, 4) is 0 Å². The van der Waals surface area contributed by atoms with E-state index in [4.69, 9.17) is 5.73 Å². The highest BCUT2D eigenvalue weighted by Gasteiger charge is 2.08. The summed E-state index contributed by atoms with van der Waals surface area (Å²) >= 11 is 0. The minimum atomic E-state index is -0.0363. The molecule has 0 aliphatic heterocycles. The topological polar surface area (TPSA) is 58.4 Å². The minimum Gasteiger partial charge on any atom is -0.338 e. The quantitative estimate of drug-likeness (QED) is 0.625. The molecule has 3 N–H and O–H groups in total. The number of carbonyl (C=O) groups is 1. The van der Waals surface area contributed by atoms with Crippen LogP contribution in [0.3, 0.4) is 0 Å². The summed E-state index contributed by atoms with van der Waals surface area (Å²) in [5.41, 5.74) is 5.56. The van der Waals surface area contributed by atoms with Crippen LogP contribution in [0.25, 0.3) is 0 Å². The molecule has 13 heavy (non-hydrogen) atoms. The van der Waals surface area contributed by atoms with Crippen molar-refractivity contribution in [2.45, 2.75) is 32.7 Å². The number of hydrogen-bond donors (Lipinski definition) is 2. The highest BCUT2D eigenvalue weighted by molar-refractivity contribution is 5.73. The SMILES string of the molecule is CCCCNC(=O)N(C)CC(C)N. The molecule has 0 aromatic carbocycles. The Kier molecular flexibility index (Phi) is 6.32. The second-order valence-corrected chi connectivity index (χ2v) is 3.44. The van der Waals surface area contributed by atoms with Gasteiger partial charge < -0.3 is 16.0 Å². The average molecular weight is 187 g/mol. The van der Waals surface area contributed by atoms with Crippen LogP contribution >= 0.6 is 0 Å². The predicted octanol–water partition coefficient (Wildman–Crippen LogP) is 0.775. The highest BCUT2D eigenvalue weighted by Crippen LogP contribution is 1.88. The standard InChI is InChI=1S/C9H21N3O/c1-4-5-6-11-9(13)12(3)7-8(2)10/h8H,4-7,10H2,1-3H3,(H,11,13). The Hall–Kier alpha value is -0.770. The Morgan fingerprint density at radius 3 is 2.69 bits per heavy atom. The van der Waals surface area contributed by atoms with Gasteiger partial charge in [-0.05, 0) is 13.3 Å². The molecular weight excluding hydrogens is 166 g/mol. The number of urea groups is 1. The van der Waals surface area contributed by atoms with Gasteiger partial charge in [0.05, 0.1) is 0 Å². The maximum absolute atomic E-state index is 11.3. The first kappa shape index (κ1) is 12.2. The normalized spacial score (nSPS) is 12.3. The number of hydrogen-bond acceptors (Lipinski definition) is 2. The maximum atomic E-state index is 11.3. The zero-order valence-corrected chi connectivity index (χ0v) is 8.84. The Morgan fingerprint density at radius 1 is 1.62 bits per heavy atom. The number of carbonyl (C=O) groups excluding carboxylic acids is 1. The largest absolute Gasteiger partial charge is 0.338 e. The Balaban J connectivity index is 3.57. The van der Waals surface area contributed by atoms with Crippen LogP contribution in [0.5, 0.6) is 0 Å². The molecule has 0 rings (SSSR count). The number of nitrogens with one attached hydrogen (secondary N) is 1. The van der Waals surface area contributed by atoms with Crippen molar-refractivity contribution >= 4 is 6.03 Å². The van der Waals surface area contributed by atoms with E-state index in [0.29, 0.717) is 6.54 Å². The Labute approximate surface area is 80.5 Å². The fourth-order valence-corrected chi connectivity index (χ4v) is 1.02. The molecule has 78 valence electrons. The van der Waals surface area contributed by atoms with Gasteiger partial charge in [-0.15, -0.1) is 0 Å². The van der Waals surface area contributed by atoms with Crippen LogP contribution < -0.4 is 11.1 Å². The number of nitrogens with zero attached hydrogens (tertiary/aromatic N) is 1. The lowest BCUT2D eigenvalue weighted by atomic mass is 10.3. The Morgan fingerprint density at radius 2 is 2.23 bits per heavy atom. The van der Waals surface area contributed by atoms with Gasteiger partial charge >= 0.3 is 6.03 Å². The fraction of sp³-hybridized carbons (Fsp3) is 0.889. The molecule has 0 aromatic heterocycles. The predicted molar refractivity (Wildman–Crippen MR) is 54.6 cm³/mol. The number of unbranched alkanes of at least 4 members (excludes halogenated alkanes) is 1. The van der Waals surface area contributed by atoms with Gasteiger partial charge in [0.2, 0.25) is 0 Å². The van der Waals surface area contributed by atoms with E-state index in [1.54, 1.807) is 11.9 Å². The first-order valence-electron chi connectivity index (χ1n) is 4.82. The molecule has 1 unspecified atom stereocenters. The number of nitrogens with two attached hydrogens (primary N) is 1. The van der Waals surface area contributed by atoms with Gasteiger partial charge in [0.15, 0.2) is 0 Å². The first-order valence-corrected chi connectivity index (χ1v) is 4.82. The van der Waals surface area contributed by atoms with Crippen LogP contribution in [0.1, 0.15) is 26.7 Å². The van der Waals surface area contributed by atoms with Crippen molar-refractivity contribution in [3.63, 3.8) is 0 Å². The van der Waals surface area contributed by atoms with E-state index in [2.05, 4.69) is 12.2 Å². The van der Waals surface area contributed by atoms with Gasteiger partial charge in [-0.2, -0.15) is 0 Å². The zero-order valence-electron chi connectivity index (χ0n) is 8.84. The second kappa shape index (κ2) is 6.71. The van der Waals surface area contributed by atoms with Gasteiger partial charge in [0, 0.05) is 26.2 Å². The van der Waals surface area contributed by atoms with Crippen LogP contribution in [-0.2, 0) is 0 Å². The second-order valence-electron chi connectivity index (χ2n) is 3.44. The Bertz CT molecular complexity index is 148. The van der Waals surface area contributed by atoms with Crippen molar-refractivity contribution in [2.24, 2.45) is 5.73 Å². The minimum absolute atomic E-state index is 0.0296. The number of rotatable bonds is 5. The van der Waals surface area contributed by atoms with Gasteiger partial charge in [0.1, 0.15) is 0 Å². The van der Waals surface area contributed by atoms with Crippen molar-refractivity contribution in [1.82, 2.24) is 10.2 Å². The lowest BCUT2D eigenvalue weighted by Gasteiger charge is -2.19. The number of likely N-dealkylation sites (N-methyl/N-ethyl adjacent to an activating group) is 1. The molecule has 0 spiro atoms. The lowest BCUT2D eigenvalue weighted by Crippen LogP contribution is -2.43. The van der Waals surface area contributed by atoms with E-state index in [9.17, 15) is 4.79 Å². The summed E-state index contributed by atoms with van der Waals surface area (Å²) in [7, 11) is 1.75. The van der Waals surface area contributed by atoms with Gasteiger partial charge in [-0.25, -0.2) is 4.79 Å². The van der Waals surface area contributed by atoms with Crippen molar-refractivity contribution in [1.29, 1.82) is 0 Å². The molecule has 0 bridgehead atoms. The van der Waals surface area contributed by atoms with Crippen molar-refractivity contribution < 1.29 is 4.79 Å². The summed E-state index contributed by atoms with van der Waals surface area (Å²) in [5.74, 6) is 0. The van der Waals surface area contributed by atoms with Crippen LogP contribution in [0.2, 0.25) is 0 Å². The molecule has 1 atom stereocenters. The van der Waals surface area contributed by atoms with E-state index >= 15 is 0 Å². The zero-order chi connectivity index (χ0) is 10.3. The third-order valence-electron chi connectivity index (χ3n) is 1.72. The molecule has 0 saturated heterocycles. The summed E-state index contributed by atoms with van der Waals surface area (Å²) in [6.45, 7) is 5.32. The highest BCUT2D eigenvalue weighted by atomic mass is 16.2. The molecule has 0 radical (unpaired) electrons. The van der Waals surface area contributed by atoms with Crippen molar-refractivity contribution in [2.75, 3.05) is 20.1 Å².